The Morgan fingerprint density at radius 1 is 1.15 bits per heavy atom. The average Bonchev–Trinajstić information content (AvgIpc) is 3.88. The second-order valence-corrected chi connectivity index (χ2v) is 16.7. The van der Waals surface area contributed by atoms with Crippen LogP contribution in [-0.4, -0.2) is 77.8 Å². The molecule has 54 heavy (non-hydrogen) atoms. The molecule has 2 aromatic rings. The molecule has 1 saturated carbocycles. The van der Waals surface area contributed by atoms with Gasteiger partial charge in [-0.1, -0.05) is 56.7 Å². The number of esters is 1. The minimum absolute atomic E-state index is 0.0672. The number of aryl methyl sites for hydroxylation is 1. The Labute approximate surface area is 319 Å². The molecule has 5 aliphatic rings. The number of carbonyl (C=O) groups is 3. The number of pyridine rings is 1. The van der Waals surface area contributed by atoms with Gasteiger partial charge in [-0.25, -0.2) is 9.78 Å². The maximum absolute atomic E-state index is 14.8. The third kappa shape index (κ3) is 6.88. The molecular weight excluding hydrogens is 681 g/mol. The van der Waals surface area contributed by atoms with Crippen molar-refractivity contribution in [3.05, 3.63) is 81.6 Å². The number of benzene rings is 1. The number of carbonyl (C=O) groups excluding carboxylic acids is 3. The van der Waals surface area contributed by atoms with E-state index in [0.29, 0.717) is 36.7 Å². The van der Waals surface area contributed by atoms with Crippen LogP contribution in [0.25, 0.3) is 0 Å². The van der Waals surface area contributed by atoms with Crippen LogP contribution in [-0.2, 0) is 33.5 Å². The fraction of sp³-hybridized carbons (Fsp3) is 0.591. The fourth-order valence-electron chi connectivity index (χ4n) is 9.86. The summed E-state index contributed by atoms with van der Waals surface area (Å²) in [5.41, 5.74) is 1.28. The molecule has 3 heterocycles. The lowest BCUT2D eigenvalue weighted by Crippen LogP contribution is -2.52. The number of rotatable bonds is 14. The standard InChI is InChI=1S/C44H58N4O6/c1-6-46-36-22-30-11-8-7-10-29(30)21-32(36)25-53-42(52)44-40(51)38-31(20-26(2)3)12-9-13-35(38)39(50)43(44,54-44)23-33(24-49)27(4)14-15-28-18-19-47-41-34(28)16-17-37(45-5)48-41/h8-9,11-13,18-19,26,29-30,32,36-37,45-46,49H,6-7,10,14-17,20-25H2,1-5H3,(H,47,48). The fourth-order valence-corrected chi connectivity index (χ4v) is 9.86. The third-order valence-corrected chi connectivity index (χ3v) is 12.9. The van der Waals surface area contributed by atoms with Crippen molar-refractivity contribution in [2.45, 2.75) is 115 Å². The highest BCUT2D eigenvalue weighted by Crippen LogP contribution is 2.60. The summed E-state index contributed by atoms with van der Waals surface area (Å²) in [6.07, 6.45) is 14.4. The van der Waals surface area contributed by atoms with Crippen LogP contribution in [0.3, 0.4) is 0 Å². The Balaban J connectivity index is 1.17. The summed E-state index contributed by atoms with van der Waals surface area (Å²) >= 11 is 0. The quantitative estimate of drug-likeness (QED) is 0.0800. The van der Waals surface area contributed by atoms with Crippen molar-refractivity contribution < 1.29 is 29.0 Å². The second-order valence-electron chi connectivity index (χ2n) is 16.7. The molecule has 1 aromatic carbocycles. The topological polar surface area (TPSA) is 142 Å². The van der Waals surface area contributed by atoms with Crippen LogP contribution in [0.4, 0.5) is 5.82 Å². The Kier molecular flexibility index (Phi) is 11.3. The van der Waals surface area contributed by atoms with Crippen LogP contribution < -0.4 is 16.0 Å². The Morgan fingerprint density at radius 2 is 1.98 bits per heavy atom. The van der Waals surface area contributed by atoms with Gasteiger partial charge in [-0.2, -0.15) is 0 Å². The van der Waals surface area contributed by atoms with Crippen molar-refractivity contribution in [1.29, 1.82) is 0 Å². The third-order valence-electron chi connectivity index (χ3n) is 12.9. The lowest BCUT2D eigenvalue weighted by molar-refractivity contribution is -0.150. The molecule has 7 atom stereocenters. The van der Waals surface area contributed by atoms with Crippen molar-refractivity contribution >= 4 is 23.4 Å². The van der Waals surface area contributed by atoms with E-state index < -0.39 is 28.7 Å². The number of hydrogen-bond donors (Lipinski definition) is 4. The Hall–Kier alpha value is -3.70. The monoisotopic (exact) mass is 738 g/mol. The van der Waals surface area contributed by atoms with E-state index in [4.69, 9.17) is 9.47 Å². The van der Waals surface area contributed by atoms with Gasteiger partial charge >= 0.3 is 5.97 Å². The highest BCUT2D eigenvalue weighted by Gasteiger charge is 2.85. The van der Waals surface area contributed by atoms with Gasteiger partial charge in [0.25, 0.3) is 5.60 Å². The van der Waals surface area contributed by atoms with Crippen molar-refractivity contribution in [3.63, 3.8) is 0 Å². The van der Waals surface area contributed by atoms with Crippen molar-refractivity contribution in [3.8, 4) is 0 Å². The first kappa shape index (κ1) is 38.6. The molecule has 1 aromatic heterocycles. The molecule has 3 aliphatic carbocycles. The number of allylic oxidation sites excluding steroid dienone is 3. The zero-order valence-electron chi connectivity index (χ0n) is 32.6. The van der Waals surface area contributed by atoms with Gasteiger partial charge in [-0.3, -0.25) is 9.59 Å². The predicted octanol–water partition coefficient (Wildman–Crippen LogP) is 5.92. The molecule has 290 valence electrons. The molecule has 2 fully saturated rings. The summed E-state index contributed by atoms with van der Waals surface area (Å²) in [7, 11) is 1.93. The number of epoxide rings is 1. The minimum Gasteiger partial charge on any atom is -0.463 e. The van der Waals surface area contributed by atoms with Gasteiger partial charge in [0.2, 0.25) is 5.78 Å². The first-order valence-electron chi connectivity index (χ1n) is 20.2. The van der Waals surface area contributed by atoms with E-state index in [9.17, 15) is 19.5 Å². The normalized spacial score (nSPS) is 30.1. The number of aromatic nitrogens is 1. The molecule has 1 saturated heterocycles. The molecular formula is C44H58N4O6. The molecule has 10 nitrogen and oxygen atoms in total. The van der Waals surface area contributed by atoms with Gasteiger partial charge in [0.1, 0.15) is 5.82 Å². The van der Waals surface area contributed by atoms with E-state index in [0.717, 1.165) is 62.0 Å². The molecule has 0 amide bonds. The van der Waals surface area contributed by atoms with E-state index in [1.807, 2.05) is 32.3 Å². The number of aliphatic hydroxyl groups excluding tert-OH is 1. The number of Topliss-reactive ketones (excluding diaryl/α,β-unsaturated/α-hetero) is 2. The average molecular weight is 739 g/mol. The summed E-state index contributed by atoms with van der Waals surface area (Å²) in [5.74, 6) is 0.540. The van der Waals surface area contributed by atoms with Crippen LogP contribution in [0.2, 0.25) is 0 Å². The summed E-state index contributed by atoms with van der Waals surface area (Å²) in [4.78, 5) is 48.6. The number of aliphatic hydroxyl groups is 1. The van der Waals surface area contributed by atoms with Gasteiger partial charge < -0.3 is 30.5 Å². The van der Waals surface area contributed by atoms with Crippen LogP contribution in [0.15, 0.2) is 53.8 Å². The lowest BCUT2D eigenvalue weighted by atomic mass is 9.68. The van der Waals surface area contributed by atoms with Crippen molar-refractivity contribution in [1.82, 2.24) is 15.6 Å². The number of anilines is 1. The van der Waals surface area contributed by atoms with Crippen LogP contribution in [0.1, 0.15) is 110 Å². The number of hydrogen-bond acceptors (Lipinski definition) is 10. The van der Waals surface area contributed by atoms with Gasteiger partial charge in [-0.15, -0.1) is 0 Å². The summed E-state index contributed by atoms with van der Waals surface area (Å²) < 4.78 is 12.5. The number of ketones is 2. The van der Waals surface area contributed by atoms with Crippen LogP contribution in [0, 0.1) is 23.7 Å². The number of fused-ring (bicyclic) bond motifs is 4. The highest BCUT2D eigenvalue weighted by molar-refractivity contribution is 6.33. The van der Waals surface area contributed by atoms with Crippen LogP contribution in [0.5, 0.6) is 0 Å². The summed E-state index contributed by atoms with van der Waals surface area (Å²) in [6, 6.07) is 7.56. The molecule has 0 radical (unpaired) electrons. The zero-order chi connectivity index (χ0) is 38.2. The number of ether oxygens (including phenoxy) is 2. The van der Waals surface area contributed by atoms with E-state index in [-0.39, 0.29) is 54.8 Å². The Bertz CT molecular complexity index is 1840. The van der Waals surface area contributed by atoms with E-state index in [2.05, 4.69) is 53.9 Å². The minimum atomic E-state index is -2.09. The highest BCUT2D eigenvalue weighted by atomic mass is 16.7. The largest absolute Gasteiger partial charge is 0.463 e. The number of nitrogens with zero attached hydrogens (tertiary/aromatic N) is 1. The molecule has 7 rings (SSSR count). The van der Waals surface area contributed by atoms with E-state index >= 15 is 0 Å². The maximum Gasteiger partial charge on any atom is 0.350 e. The second kappa shape index (κ2) is 15.8. The molecule has 2 aliphatic heterocycles. The lowest BCUT2D eigenvalue weighted by Gasteiger charge is -2.42. The Morgan fingerprint density at radius 3 is 2.74 bits per heavy atom. The predicted molar refractivity (Wildman–Crippen MR) is 208 cm³/mol. The van der Waals surface area contributed by atoms with Gasteiger partial charge in [-0.05, 0) is 124 Å². The van der Waals surface area contributed by atoms with Gasteiger partial charge in [0.05, 0.1) is 19.4 Å². The smallest absolute Gasteiger partial charge is 0.350 e. The first-order valence-corrected chi connectivity index (χ1v) is 20.2. The zero-order valence-corrected chi connectivity index (χ0v) is 32.6. The molecule has 7 unspecified atom stereocenters. The van der Waals surface area contributed by atoms with Crippen molar-refractivity contribution in [2.24, 2.45) is 23.7 Å². The first-order chi connectivity index (χ1) is 26.1. The van der Waals surface area contributed by atoms with Crippen LogP contribution >= 0.6 is 0 Å². The number of nitrogens with one attached hydrogen (secondary N) is 3. The van der Waals surface area contributed by atoms with Gasteiger partial charge in [0, 0.05) is 35.7 Å². The summed E-state index contributed by atoms with van der Waals surface area (Å²) in [6.45, 7) is 8.79. The molecule has 4 N–H and O–H groups in total. The SMILES string of the molecule is CCNC1CC2C=CCCC2CC1COC(=O)C12OC1(CC(CO)=C(C)CCc1ccnc3c1CCC(NC)N3)C(=O)c1cccc(CC(C)C)c1C2=O. The van der Waals surface area contributed by atoms with E-state index in [1.54, 1.807) is 12.1 Å². The molecule has 0 spiro atoms. The van der Waals surface area contributed by atoms with Gasteiger partial charge in [0.15, 0.2) is 11.4 Å². The maximum atomic E-state index is 14.8. The molecule has 0 bridgehead atoms. The molecule has 10 heteroatoms. The summed E-state index contributed by atoms with van der Waals surface area (Å²) in [5, 5.41) is 21.2. The van der Waals surface area contributed by atoms with Crippen molar-refractivity contribution in [2.75, 3.05) is 32.1 Å². The van der Waals surface area contributed by atoms with E-state index in [1.165, 1.54) is 11.1 Å².